The number of benzene rings is 3. The largest absolute Gasteiger partial charge is 0.350 e. The third-order valence-electron chi connectivity index (χ3n) is 5.78. The highest BCUT2D eigenvalue weighted by molar-refractivity contribution is 6.53. The summed E-state index contributed by atoms with van der Waals surface area (Å²) in [5.41, 5.74) is 3.82. The highest BCUT2D eigenvalue weighted by Crippen LogP contribution is 2.34. The number of amides is 3. The lowest BCUT2D eigenvalue weighted by atomic mass is 10.1. The smallest absolute Gasteiger partial charge is 0.283 e. The summed E-state index contributed by atoms with van der Waals surface area (Å²) >= 11 is 12.4. The van der Waals surface area contributed by atoms with Crippen molar-refractivity contribution < 1.29 is 14.4 Å². The Morgan fingerprint density at radius 3 is 2.29 bits per heavy atom. The number of imide groups is 1. The molecule has 0 saturated heterocycles. The molecule has 0 bridgehead atoms. The van der Waals surface area contributed by atoms with Crippen LogP contribution in [0, 0.1) is 13.8 Å². The fourth-order valence-electron chi connectivity index (χ4n) is 3.90. The molecule has 0 unspecified atom stereocenters. The first-order valence-corrected chi connectivity index (χ1v) is 11.8. The molecule has 3 amide bonds. The highest BCUT2D eigenvalue weighted by atomic mass is 35.5. The number of nitrogens with zero attached hydrogens (tertiary/aromatic N) is 2. The lowest BCUT2D eigenvalue weighted by Crippen LogP contribution is -2.33. The lowest BCUT2D eigenvalue weighted by molar-refractivity contribution is -0.120. The number of hydrogen-bond donors (Lipinski definition) is 1. The normalized spacial score (nSPS) is 13.5. The van der Waals surface area contributed by atoms with E-state index in [1.165, 1.54) is 0 Å². The second-order valence-electron chi connectivity index (χ2n) is 8.11. The Labute approximate surface area is 213 Å². The Kier molecular flexibility index (Phi) is 6.96. The van der Waals surface area contributed by atoms with Crippen molar-refractivity contribution in [3.05, 3.63) is 99.2 Å². The Morgan fingerprint density at radius 2 is 1.63 bits per heavy atom. The topological polar surface area (TPSA) is 69.7 Å². The van der Waals surface area contributed by atoms with E-state index in [0.29, 0.717) is 34.1 Å². The third-order valence-corrected chi connectivity index (χ3v) is 6.54. The van der Waals surface area contributed by atoms with Gasteiger partial charge in [-0.1, -0.05) is 41.4 Å². The minimum Gasteiger partial charge on any atom is -0.350 e. The summed E-state index contributed by atoms with van der Waals surface area (Å²) in [5.74, 6) is -1.35. The van der Waals surface area contributed by atoms with Crippen molar-refractivity contribution in [2.75, 3.05) is 21.7 Å². The Bertz CT molecular complexity index is 1370. The average molecular weight is 508 g/mol. The van der Waals surface area contributed by atoms with E-state index in [-0.39, 0.29) is 16.6 Å². The van der Waals surface area contributed by atoms with E-state index in [1.807, 2.05) is 38.1 Å². The van der Waals surface area contributed by atoms with Crippen LogP contribution in [-0.2, 0) is 9.59 Å². The molecular weight excluding hydrogens is 485 g/mol. The molecule has 6 nitrogen and oxygen atoms in total. The first-order valence-electron chi connectivity index (χ1n) is 11.0. The maximum atomic E-state index is 13.1. The number of carbonyl (C=O) groups is 3. The summed E-state index contributed by atoms with van der Waals surface area (Å²) in [7, 11) is 0. The predicted octanol–water partition coefficient (Wildman–Crippen LogP) is 6.06. The fourth-order valence-corrected chi connectivity index (χ4v) is 4.29. The number of halogens is 2. The van der Waals surface area contributed by atoms with Crippen LogP contribution in [-0.4, -0.2) is 24.3 Å². The minimum absolute atomic E-state index is 0.0370. The van der Waals surface area contributed by atoms with Crippen LogP contribution >= 0.6 is 23.2 Å². The maximum absolute atomic E-state index is 13.1. The number of anilines is 3. The standard InChI is InChI=1S/C27H23Cl2N3O3/c1-4-31(20-8-5-7-16(2)15-20)25(33)18-11-13-19(14-12-18)30-24-23(29)26(34)32(27(24)35)22-10-6-9-21(28)17(22)3/h5-15,30H,4H2,1-3H3. The molecule has 0 saturated carbocycles. The van der Waals surface area contributed by atoms with Gasteiger partial charge in [0.25, 0.3) is 17.7 Å². The molecule has 8 heteroatoms. The second kappa shape index (κ2) is 9.94. The van der Waals surface area contributed by atoms with Gasteiger partial charge in [0.05, 0.1) is 5.69 Å². The van der Waals surface area contributed by atoms with Crippen LogP contribution in [0.1, 0.15) is 28.4 Å². The van der Waals surface area contributed by atoms with Gasteiger partial charge in [-0.25, -0.2) is 4.90 Å². The van der Waals surface area contributed by atoms with Gasteiger partial charge in [0, 0.05) is 28.5 Å². The molecule has 35 heavy (non-hydrogen) atoms. The monoisotopic (exact) mass is 507 g/mol. The minimum atomic E-state index is -0.631. The lowest BCUT2D eigenvalue weighted by Gasteiger charge is -2.22. The van der Waals surface area contributed by atoms with Gasteiger partial charge in [-0.3, -0.25) is 14.4 Å². The molecule has 1 heterocycles. The fraction of sp³-hybridized carbons (Fsp3) is 0.148. The molecule has 3 aromatic carbocycles. The van der Waals surface area contributed by atoms with E-state index in [9.17, 15) is 14.4 Å². The number of carbonyl (C=O) groups excluding carboxylic acids is 3. The van der Waals surface area contributed by atoms with Crippen LogP contribution in [0.25, 0.3) is 0 Å². The zero-order valence-electron chi connectivity index (χ0n) is 19.4. The molecule has 0 fully saturated rings. The number of nitrogens with one attached hydrogen (secondary N) is 1. The van der Waals surface area contributed by atoms with Crippen LogP contribution in [0.2, 0.25) is 5.02 Å². The van der Waals surface area contributed by atoms with Gasteiger partial charge in [0.1, 0.15) is 10.7 Å². The van der Waals surface area contributed by atoms with Gasteiger partial charge in [0.15, 0.2) is 0 Å². The van der Waals surface area contributed by atoms with Gasteiger partial charge in [-0.05, 0) is 80.4 Å². The van der Waals surface area contributed by atoms with Gasteiger partial charge in [0.2, 0.25) is 0 Å². The summed E-state index contributed by atoms with van der Waals surface area (Å²) in [5, 5.41) is 3.15. The quantitative estimate of drug-likeness (QED) is 0.411. The number of aryl methyl sites for hydroxylation is 1. The maximum Gasteiger partial charge on any atom is 0.283 e. The van der Waals surface area contributed by atoms with Crippen molar-refractivity contribution in [2.45, 2.75) is 20.8 Å². The van der Waals surface area contributed by atoms with Crippen molar-refractivity contribution in [2.24, 2.45) is 0 Å². The Balaban J connectivity index is 1.54. The van der Waals surface area contributed by atoms with Crippen LogP contribution in [0.15, 0.2) is 77.5 Å². The molecule has 1 N–H and O–H groups in total. The van der Waals surface area contributed by atoms with Crippen LogP contribution in [0.4, 0.5) is 17.1 Å². The zero-order valence-corrected chi connectivity index (χ0v) is 20.9. The highest BCUT2D eigenvalue weighted by Gasteiger charge is 2.39. The first-order chi connectivity index (χ1) is 16.7. The van der Waals surface area contributed by atoms with E-state index in [2.05, 4.69) is 5.32 Å². The second-order valence-corrected chi connectivity index (χ2v) is 8.89. The van der Waals surface area contributed by atoms with Crippen molar-refractivity contribution in [1.82, 2.24) is 0 Å². The van der Waals surface area contributed by atoms with E-state index in [1.54, 1.807) is 54.3 Å². The van der Waals surface area contributed by atoms with Gasteiger partial charge in [-0.15, -0.1) is 0 Å². The summed E-state index contributed by atoms with van der Waals surface area (Å²) < 4.78 is 0. The summed E-state index contributed by atoms with van der Waals surface area (Å²) in [4.78, 5) is 41.7. The van der Waals surface area contributed by atoms with Crippen LogP contribution in [0.3, 0.4) is 0 Å². The number of rotatable bonds is 6. The summed E-state index contributed by atoms with van der Waals surface area (Å²) in [6, 6.07) is 19.4. The summed E-state index contributed by atoms with van der Waals surface area (Å²) in [6.07, 6.45) is 0. The van der Waals surface area contributed by atoms with E-state index >= 15 is 0 Å². The molecular formula is C27H23Cl2N3O3. The van der Waals surface area contributed by atoms with E-state index in [4.69, 9.17) is 23.2 Å². The van der Waals surface area contributed by atoms with Gasteiger partial charge < -0.3 is 10.2 Å². The van der Waals surface area contributed by atoms with Crippen molar-refractivity contribution in [3.63, 3.8) is 0 Å². The SMILES string of the molecule is CCN(C(=O)c1ccc(NC2=C(Cl)C(=O)N(c3cccc(Cl)c3C)C2=O)cc1)c1cccc(C)c1. The Hall–Kier alpha value is -3.61. The van der Waals surface area contributed by atoms with Crippen LogP contribution < -0.4 is 15.1 Å². The van der Waals surface area contributed by atoms with E-state index < -0.39 is 11.8 Å². The molecule has 4 rings (SSSR count). The molecule has 0 atom stereocenters. The Morgan fingerprint density at radius 1 is 0.943 bits per heavy atom. The molecule has 178 valence electrons. The summed E-state index contributed by atoms with van der Waals surface area (Å²) in [6.45, 7) is 6.14. The van der Waals surface area contributed by atoms with Gasteiger partial charge in [-0.2, -0.15) is 0 Å². The van der Waals surface area contributed by atoms with Crippen molar-refractivity contribution >= 4 is 58.0 Å². The third kappa shape index (κ3) is 4.67. The first kappa shape index (κ1) is 24.5. The van der Waals surface area contributed by atoms with Crippen LogP contribution in [0.5, 0.6) is 0 Å². The molecule has 1 aliphatic rings. The van der Waals surface area contributed by atoms with Crippen molar-refractivity contribution in [3.8, 4) is 0 Å². The molecule has 0 radical (unpaired) electrons. The molecule has 0 spiro atoms. The molecule has 0 aromatic heterocycles. The zero-order chi connectivity index (χ0) is 25.3. The average Bonchev–Trinajstić information content (AvgIpc) is 3.05. The van der Waals surface area contributed by atoms with Crippen molar-refractivity contribution in [1.29, 1.82) is 0 Å². The predicted molar refractivity (Wildman–Crippen MR) is 140 cm³/mol. The van der Waals surface area contributed by atoms with Gasteiger partial charge >= 0.3 is 0 Å². The number of hydrogen-bond acceptors (Lipinski definition) is 4. The molecule has 0 aliphatic carbocycles. The molecule has 1 aliphatic heterocycles. The molecule has 3 aromatic rings. The van der Waals surface area contributed by atoms with E-state index in [0.717, 1.165) is 16.2 Å².